The lowest BCUT2D eigenvalue weighted by molar-refractivity contribution is 0.0470. The van der Waals surface area contributed by atoms with E-state index >= 15 is 0 Å². The van der Waals surface area contributed by atoms with Crippen LogP contribution in [0.2, 0.25) is 0 Å². The number of hydrogen-bond donors (Lipinski definition) is 1. The molecule has 0 radical (unpaired) electrons. The van der Waals surface area contributed by atoms with Crippen molar-refractivity contribution in [3.8, 4) is 11.5 Å². The summed E-state index contributed by atoms with van der Waals surface area (Å²) in [6.45, 7) is 1.76. The Morgan fingerprint density at radius 3 is 2.52 bits per heavy atom. The smallest absolute Gasteiger partial charge is 0.127 e. The van der Waals surface area contributed by atoms with Crippen LogP contribution in [0.3, 0.4) is 0 Å². The van der Waals surface area contributed by atoms with Gasteiger partial charge in [-0.3, -0.25) is 0 Å². The number of benzene rings is 2. The molecule has 1 atom stereocenters. The van der Waals surface area contributed by atoms with Crippen LogP contribution in [-0.2, 0) is 5.60 Å². The molecule has 1 unspecified atom stereocenters. The molecule has 2 rings (SSSR count). The van der Waals surface area contributed by atoms with Crippen LogP contribution < -0.4 is 4.74 Å². The van der Waals surface area contributed by atoms with Crippen molar-refractivity contribution in [2.75, 3.05) is 5.88 Å². The van der Waals surface area contributed by atoms with Crippen LogP contribution in [-0.4, -0.2) is 11.0 Å². The van der Waals surface area contributed by atoms with Gasteiger partial charge in [0.25, 0.3) is 0 Å². The molecule has 4 heteroatoms. The highest BCUT2D eigenvalue weighted by Crippen LogP contribution is 2.30. The monoisotopic (exact) mass is 308 g/mol. The Morgan fingerprint density at radius 1 is 1.14 bits per heavy atom. The van der Waals surface area contributed by atoms with E-state index in [-0.39, 0.29) is 5.82 Å². The number of aliphatic hydroxyl groups is 1. The van der Waals surface area contributed by atoms with Gasteiger partial charge in [-0.15, -0.1) is 11.6 Å². The highest BCUT2D eigenvalue weighted by molar-refractivity contribution is 6.17. The molecule has 0 aliphatic heterocycles. The highest BCUT2D eigenvalue weighted by atomic mass is 35.5. The molecule has 0 saturated heterocycles. The summed E-state index contributed by atoms with van der Waals surface area (Å²) < 4.78 is 18.5. The quantitative estimate of drug-likeness (QED) is 0.773. The van der Waals surface area contributed by atoms with Gasteiger partial charge in [0.1, 0.15) is 17.3 Å². The first-order valence-electron chi connectivity index (χ1n) is 6.83. The minimum atomic E-state index is -0.947. The van der Waals surface area contributed by atoms with Crippen LogP contribution in [0.1, 0.15) is 25.3 Å². The molecule has 0 aromatic heterocycles. The number of ether oxygens (including phenoxy) is 1. The summed E-state index contributed by atoms with van der Waals surface area (Å²) in [4.78, 5) is 0. The Hall–Kier alpha value is -1.58. The molecule has 112 valence electrons. The SMILES string of the molecule is CC(O)(CCCCl)c1cccc(Oc2ccc(F)cc2)c1. The van der Waals surface area contributed by atoms with Gasteiger partial charge < -0.3 is 9.84 Å². The van der Waals surface area contributed by atoms with Gasteiger partial charge in [-0.1, -0.05) is 12.1 Å². The zero-order valence-corrected chi connectivity index (χ0v) is 12.6. The second-order valence-corrected chi connectivity index (χ2v) is 5.53. The average Bonchev–Trinajstić information content (AvgIpc) is 2.48. The molecule has 1 N–H and O–H groups in total. The number of rotatable bonds is 6. The molecule has 0 aliphatic carbocycles. The van der Waals surface area contributed by atoms with Crippen molar-refractivity contribution in [1.29, 1.82) is 0 Å². The maximum absolute atomic E-state index is 12.9. The van der Waals surface area contributed by atoms with Gasteiger partial charge in [-0.2, -0.15) is 0 Å². The van der Waals surface area contributed by atoms with Crippen LogP contribution in [0.4, 0.5) is 4.39 Å². The van der Waals surface area contributed by atoms with Gasteiger partial charge in [-0.25, -0.2) is 4.39 Å². The van der Waals surface area contributed by atoms with Crippen molar-refractivity contribution in [1.82, 2.24) is 0 Å². The summed E-state index contributed by atoms with van der Waals surface area (Å²) in [7, 11) is 0. The summed E-state index contributed by atoms with van der Waals surface area (Å²) in [6, 6.07) is 13.1. The van der Waals surface area contributed by atoms with Gasteiger partial charge >= 0.3 is 0 Å². The molecular formula is C17H18ClFO2. The van der Waals surface area contributed by atoms with E-state index < -0.39 is 5.60 Å². The largest absolute Gasteiger partial charge is 0.457 e. The Bertz CT molecular complexity index is 582. The molecular weight excluding hydrogens is 291 g/mol. The average molecular weight is 309 g/mol. The third kappa shape index (κ3) is 4.45. The third-order valence-electron chi connectivity index (χ3n) is 3.30. The Kier molecular flexibility index (Phi) is 5.21. The van der Waals surface area contributed by atoms with Crippen LogP contribution in [0.5, 0.6) is 11.5 Å². The Morgan fingerprint density at radius 2 is 1.86 bits per heavy atom. The molecule has 2 nitrogen and oxygen atoms in total. The first kappa shape index (κ1) is 15.8. The van der Waals surface area contributed by atoms with Gasteiger partial charge in [-0.05, 0) is 61.7 Å². The minimum Gasteiger partial charge on any atom is -0.457 e. The molecule has 0 saturated carbocycles. The van der Waals surface area contributed by atoms with Crippen LogP contribution in [0.15, 0.2) is 48.5 Å². The number of hydrogen-bond acceptors (Lipinski definition) is 2. The van der Waals surface area contributed by atoms with Crippen molar-refractivity contribution < 1.29 is 14.2 Å². The van der Waals surface area contributed by atoms with Crippen LogP contribution in [0.25, 0.3) is 0 Å². The molecule has 0 spiro atoms. The lowest BCUT2D eigenvalue weighted by Gasteiger charge is -2.24. The summed E-state index contributed by atoms with van der Waals surface area (Å²) in [5.74, 6) is 1.36. The number of halogens is 2. The van der Waals surface area contributed by atoms with E-state index in [1.807, 2.05) is 12.1 Å². The van der Waals surface area contributed by atoms with Gasteiger partial charge in [0, 0.05) is 5.88 Å². The first-order chi connectivity index (χ1) is 10.0. The van der Waals surface area contributed by atoms with E-state index in [9.17, 15) is 9.50 Å². The zero-order chi connectivity index (χ0) is 15.3. The normalized spacial score (nSPS) is 13.7. The van der Waals surface area contributed by atoms with Crippen molar-refractivity contribution in [3.63, 3.8) is 0 Å². The first-order valence-corrected chi connectivity index (χ1v) is 7.37. The fourth-order valence-electron chi connectivity index (χ4n) is 2.09. The van der Waals surface area contributed by atoms with Crippen molar-refractivity contribution in [2.45, 2.75) is 25.4 Å². The predicted molar refractivity (Wildman–Crippen MR) is 82.4 cm³/mol. The van der Waals surface area contributed by atoms with E-state index in [1.54, 1.807) is 31.2 Å². The van der Waals surface area contributed by atoms with Gasteiger partial charge in [0.15, 0.2) is 0 Å². The second-order valence-electron chi connectivity index (χ2n) is 5.15. The predicted octanol–water partition coefficient (Wildman–Crippen LogP) is 4.84. The lowest BCUT2D eigenvalue weighted by atomic mass is 9.91. The summed E-state index contributed by atoms with van der Waals surface area (Å²) in [6.07, 6.45) is 1.31. The molecule has 0 amide bonds. The van der Waals surface area contributed by atoms with E-state index in [0.717, 1.165) is 12.0 Å². The third-order valence-corrected chi connectivity index (χ3v) is 3.57. The van der Waals surface area contributed by atoms with Crippen LogP contribution >= 0.6 is 11.6 Å². The zero-order valence-electron chi connectivity index (χ0n) is 11.9. The van der Waals surface area contributed by atoms with Crippen molar-refractivity contribution in [3.05, 3.63) is 59.9 Å². The fraction of sp³-hybridized carbons (Fsp3) is 0.294. The molecule has 0 aliphatic rings. The second kappa shape index (κ2) is 6.92. The lowest BCUT2D eigenvalue weighted by Crippen LogP contribution is -2.21. The molecule has 0 bridgehead atoms. The standard InChI is InChI=1S/C17H18ClFO2/c1-17(20,10-3-11-18)13-4-2-5-16(12-13)21-15-8-6-14(19)7-9-15/h2,4-9,12,20H,3,10-11H2,1H3. The van der Waals surface area contributed by atoms with E-state index in [4.69, 9.17) is 16.3 Å². The van der Waals surface area contributed by atoms with Gasteiger partial charge in [0.05, 0.1) is 5.60 Å². The summed E-state index contributed by atoms with van der Waals surface area (Å²) in [5, 5.41) is 10.5. The van der Waals surface area contributed by atoms with Crippen molar-refractivity contribution >= 4 is 11.6 Å². The molecule has 2 aromatic carbocycles. The summed E-state index contributed by atoms with van der Waals surface area (Å²) in [5.41, 5.74) is -0.177. The van der Waals surface area contributed by atoms with Crippen LogP contribution in [0, 0.1) is 5.82 Å². The topological polar surface area (TPSA) is 29.5 Å². The summed E-state index contributed by atoms with van der Waals surface area (Å²) >= 11 is 5.68. The van der Waals surface area contributed by atoms with E-state index in [1.165, 1.54) is 12.1 Å². The maximum atomic E-state index is 12.9. The molecule has 2 aromatic rings. The van der Waals surface area contributed by atoms with E-state index in [0.29, 0.717) is 23.8 Å². The Labute approximate surface area is 129 Å². The highest BCUT2D eigenvalue weighted by Gasteiger charge is 2.22. The minimum absolute atomic E-state index is 0.305. The van der Waals surface area contributed by atoms with Gasteiger partial charge in [0.2, 0.25) is 0 Å². The fourth-order valence-corrected chi connectivity index (χ4v) is 2.22. The van der Waals surface area contributed by atoms with E-state index in [2.05, 4.69) is 0 Å². The Balaban J connectivity index is 2.15. The van der Waals surface area contributed by atoms with Crippen molar-refractivity contribution in [2.24, 2.45) is 0 Å². The molecule has 0 heterocycles. The molecule has 0 fully saturated rings. The molecule has 21 heavy (non-hydrogen) atoms. The maximum Gasteiger partial charge on any atom is 0.127 e. The number of alkyl halides is 1.